The number of methoxy groups -OCH3 is 2. The third-order valence-electron chi connectivity index (χ3n) is 4.62. The third-order valence-corrected chi connectivity index (χ3v) is 4.62. The van der Waals surface area contributed by atoms with Crippen LogP contribution in [0.5, 0.6) is 11.5 Å². The highest BCUT2D eigenvalue weighted by molar-refractivity contribution is 5.99. The zero-order valence-electron chi connectivity index (χ0n) is 14.7. The van der Waals surface area contributed by atoms with Crippen molar-refractivity contribution in [2.75, 3.05) is 32.2 Å². The van der Waals surface area contributed by atoms with E-state index in [9.17, 15) is 4.79 Å². The van der Waals surface area contributed by atoms with Gasteiger partial charge in [-0.15, -0.1) is 0 Å². The molecule has 2 aromatic rings. The van der Waals surface area contributed by atoms with Crippen LogP contribution in [0.25, 0.3) is 0 Å². The Morgan fingerprint density at radius 3 is 2.40 bits per heavy atom. The predicted molar refractivity (Wildman–Crippen MR) is 98.7 cm³/mol. The summed E-state index contributed by atoms with van der Waals surface area (Å²) >= 11 is 0. The van der Waals surface area contributed by atoms with Crippen molar-refractivity contribution < 1.29 is 14.3 Å². The molecule has 5 heteroatoms. The molecule has 5 nitrogen and oxygen atoms in total. The van der Waals surface area contributed by atoms with Gasteiger partial charge in [0.05, 0.1) is 14.2 Å². The Morgan fingerprint density at radius 1 is 1.08 bits per heavy atom. The Balaban J connectivity index is 1.70. The average Bonchev–Trinajstić information content (AvgIpc) is 3.14. The summed E-state index contributed by atoms with van der Waals surface area (Å²) in [6.07, 6.45) is 2.20. The van der Waals surface area contributed by atoms with Crippen molar-refractivity contribution in [3.05, 3.63) is 54.1 Å². The van der Waals surface area contributed by atoms with Crippen LogP contribution in [0.15, 0.2) is 48.5 Å². The van der Waals surface area contributed by atoms with Crippen molar-refractivity contribution in [2.24, 2.45) is 0 Å². The van der Waals surface area contributed by atoms with Gasteiger partial charge in [-0.1, -0.05) is 24.3 Å². The van der Waals surface area contributed by atoms with Crippen molar-refractivity contribution in [1.29, 1.82) is 0 Å². The molecule has 1 N–H and O–H groups in total. The zero-order chi connectivity index (χ0) is 17.6. The Labute approximate surface area is 148 Å². The maximum atomic E-state index is 12.7. The van der Waals surface area contributed by atoms with E-state index in [0.29, 0.717) is 29.6 Å². The summed E-state index contributed by atoms with van der Waals surface area (Å²) in [5.74, 6) is 0.862. The first kappa shape index (κ1) is 17.1. The topological polar surface area (TPSA) is 50.8 Å². The van der Waals surface area contributed by atoms with Gasteiger partial charge in [0.15, 0.2) is 0 Å². The third kappa shape index (κ3) is 3.71. The summed E-state index contributed by atoms with van der Waals surface area (Å²) in [5, 5.41) is 3.05. The molecular formula is C20H24N2O3. The number of benzene rings is 2. The van der Waals surface area contributed by atoms with Crippen LogP contribution in [0.3, 0.4) is 0 Å². The van der Waals surface area contributed by atoms with E-state index in [-0.39, 0.29) is 5.91 Å². The molecule has 132 valence electrons. The van der Waals surface area contributed by atoms with E-state index in [0.717, 1.165) is 19.4 Å². The minimum absolute atomic E-state index is 0.172. The Hall–Kier alpha value is -2.69. The van der Waals surface area contributed by atoms with E-state index in [1.165, 1.54) is 5.69 Å². The lowest BCUT2D eigenvalue weighted by Crippen LogP contribution is -2.40. The fraction of sp³-hybridized carbons (Fsp3) is 0.350. The zero-order valence-corrected chi connectivity index (χ0v) is 14.7. The molecule has 1 atom stereocenters. The second-order valence-corrected chi connectivity index (χ2v) is 6.07. The molecule has 0 bridgehead atoms. The molecule has 3 rings (SSSR count). The molecule has 1 aliphatic heterocycles. The highest BCUT2D eigenvalue weighted by atomic mass is 16.5. The normalized spacial score (nSPS) is 16.6. The lowest BCUT2D eigenvalue weighted by molar-refractivity contribution is 0.0945. The first-order valence-electron chi connectivity index (χ1n) is 8.55. The molecule has 1 fully saturated rings. The van der Waals surface area contributed by atoms with Gasteiger partial charge >= 0.3 is 0 Å². The number of carbonyl (C=O) groups is 1. The first-order valence-corrected chi connectivity index (χ1v) is 8.55. The van der Waals surface area contributed by atoms with Crippen molar-refractivity contribution in [3.8, 4) is 11.5 Å². The molecule has 2 aromatic carbocycles. The number of ether oxygens (including phenoxy) is 2. The average molecular weight is 340 g/mol. The minimum Gasteiger partial charge on any atom is -0.496 e. The van der Waals surface area contributed by atoms with Gasteiger partial charge in [0, 0.05) is 24.8 Å². The van der Waals surface area contributed by atoms with Gasteiger partial charge in [-0.25, -0.2) is 0 Å². The van der Waals surface area contributed by atoms with Crippen LogP contribution in [0, 0.1) is 0 Å². The molecule has 1 unspecified atom stereocenters. The second kappa shape index (κ2) is 7.92. The number of anilines is 1. The van der Waals surface area contributed by atoms with Gasteiger partial charge in [-0.3, -0.25) is 4.79 Å². The van der Waals surface area contributed by atoms with Crippen molar-refractivity contribution >= 4 is 11.6 Å². The van der Waals surface area contributed by atoms with E-state index in [1.54, 1.807) is 26.4 Å². The first-order chi connectivity index (χ1) is 12.2. The molecule has 1 saturated heterocycles. The quantitative estimate of drug-likeness (QED) is 0.878. The van der Waals surface area contributed by atoms with Crippen LogP contribution < -0.4 is 19.7 Å². The Bertz CT molecular complexity index is 696. The van der Waals surface area contributed by atoms with Gasteiger partial charge in [0.25, 0.3) is 5.91 Å². The Morgan fingerprint density at radius 2 is 1.76 bits per heavy atom. The smallest absolute Gasteiger partial charge is 0.258 e. The van der Waals surface area contributed by atoms with E-state index >= 15 is 0 Å². The molecule has 25 heavy (non-hydrogen) atoms. The van der Waals surface area contributed by atoms with Crippen molar-refractivity contribution in [3.63, 3.8) is 0 Å². The highest BCUT2D eigenvalue weighted by Crippen LogP contribution is 2.29. The fourth-order valence-electron chi connectivity index (χ4n) is 3.38. The predicted octanol–water partition coefficient (Wildman–Crippen LogP) is 3.10. The summed E-state index contributed by atoms with van der Waals surface area (Å²) in [5.41, 5.74) is 1.64. The molecule has 0 saturated carbocycles. The lowest BCUT2D eigenvalue weighted by Gasteiger charge is -2.27. The molecule has 1 aliphatic rings. The molecule has 1 amide bonds. The number of amides is 1. The SMILES string of the molecule is COc1cccc(OC)c1C(=O)NCC1CCCN1c1ccccc1. The van der Waals surface area contributed by atoms with Gasteiger partial charge in [-0.05, 0) is 37.1 Å². The highest BCUT2D eigenvalue weighted by Gasteiger charge is 2.26. The summed E-state index contributed by atoms with van der Waals surface area (Å²) in [6, 6.07) is 16.0. The minimum atomic E-state index is -0.172. The van der Waals surface area contributed by atoms with Crippen molar-refractivity contribution in [1.82, 2.24) is 5.32 Å². The fourth-order valence-corrected chi connectivity index (χ4v) is 3.38. The van der Waals surface area contributed by atoms with Crippen LogP contribution in [0.4, 0.5) is 5.69 Å². The molecule has 1 heterocycles. The number of hydrogen-bond acceptors (Lipinski definition) is 4. The summed E-state index contributed by atoms with van der Waals surface area (Å²) in [6.45, 7) is 1.61. The van der Waals surface area contributed by atoms with E-state index in [1.807, 2.05) is 24.3 Å². The van der Waals surface area contributed by atoms with Gasteiger partial charge in [0.2, 0.25) is 0 Å². The van der Waals surface area contributed by atoms with Gasteiger partial charge < -0.3 is 19.7 Å². The summed E-state index contributed by atoms with van der Waals surface area (Å²) in [4.78, 5) is 15.1. The largest absolute Gasteiger partial charge is 0.496 e. The van der Waals surface area contributed by atoms with Gasteiger partial charge in [-0.2, -0.15) is 0 Å². The maximum absolute atomic E-state index is 12.7. The lowest BCUT2D eigenvalue weighted by atomic mass is 10.1. The molecule has 0 radical (unpaired) electrons. The van der Waals surface area contributed by atoms with Gasteiger partial charge in [0.1, 0.15) is 17.1 Å². The monoisotopic (exact) mass is 340 g/mol. The van der Waals surface area contributed by atoms with Crippen LogP contribution in [-0.4, -0.2) is 39.3 Å². The van der Waals surface area contributed by atoms with Crippen LogP contribution >= 0.6 is 0 Å². The maximum Gasteiger partial charge on any atom is 0.258 e. The summed E-state index contributed by atoms with van der Waals surface area (Å²) in [7, 11) is 3.11. The van der Waals surface area contributed by atoms with Crippen molar-refractivity contribution in [2.45, 2.75) is 18.9 Å². The standard InChI is InChI=1S/C20H24N2O3/c1-24-17-11-6-12-18(25-2)19(17)20(23)21-14-16-10-7-13-22(16)15-8-4-3-5-9-15/h3-6,8-9,11-12,16H,7,10,13-14H2,1-2H3,(H,21,23). The van der Waals surface area contributed by atoms with Crippen LogP contribution in [-0.2, 0) is 0 Å². The van der Waals surface area contributed by atoms with Crippen LogP contribution in [0.2, 0.25) is 0 Å². The number of hydrogen-bond donors (Lipinski definition) is 1. The molecular weight excluding hydrogens is 316 g/mol. The van der Waals surface area contributed by atoms with Crippen LogP contribution in [0.1, 0.15) is 23.2 Å². The number of rotatable bonds is 6. The number of nitrogens with one attached hydrogen (secondary N) is 1. The molecule has 0 spiro atoms. The molecule has 0 aliphatic carbocycles. The van der Waals surface area contributed by atoms with E-state index < -0.39 is 0 Å². The van der Waals surface area contributed by atoms with E-state index in [4.69, 9.17) is 9.47 Å². The molecule has 0 aromatic heterocycles. The van der Waals surface area contributed by atoms with E-state index in [2.05, 4.69) is 22.3 Å². The Kier molecular flexibility index (Phi) is 5.43. The number of carbonyl (C=O) groups excluding carboxylic acids is 1. The number of nitrogens with zero attached hydrogens (tertiary/aromatic N) is 1. The number of para-hydroxylation sites is 1. The summed E-state index contributed by atoms with van der Waals surface area (Å²) < 4.78 is 10.6. The second-order valence-electron chi connectivity index (χ2n) is 6.07.